The van der Waals surface area contributed by atoms with E-state index in [1.807, 2.05) is 54.6 Å². The fourth-order valence-corrected chi connectivity index (χ4v) is 4.42. The quantitative estimate of drug-likeness (QED) is 0.497. The summed E-state index contributed by atoms with van der Waals surface area (Å²) in [4.78, 5) is 37.1. The van der Waals surface area contributed by atoms with E-state index in [-0.39, 0.29) is 16.5 Å². The second-order valence-corrected chi connectivity index (χ2v) is 8.28. The number of carbonyl (C=O) groups excluding carboxylic acids is 1. The number of carboxylic acids is 2. The molecular formula is C24H23NO6S. The maximum atomic E-state index is 12.2. The molecule has 0 unspecified atom stereocenters. The molecule has 1 aromatic heterocycles. The van der Waals surface area contributed by atoms with Gasteiger partial charge in [0, 0.05) is 30.5 Å². The van der Waals surface area contributed by atoms with Crippen LogP contribution in [0.5, 0.6) is 5.75 Å². The molecule has 1 amide bonds. The predicted molar refractivity (Wildman–Crippen MR) is 121 cm³/mol. The Balaban J connectivity index is 1.89. The molecule has 0 aliphatic rings. The van der Waals surface area contributed by atoms with E-state index in [0.29, 0.717) is 23.5 Å². The zero-order valence-corrected chi connectivity index (χ0v) is 18.5. The molecule has 8 heteroatoms. The topological polar surface area (TPSA) is 104 Å². The Morgan fingerprint density at radius 2 is 1.62 bits per heavy atom. The number of rotatable bonds is 9. The number of carbonyl (C=O) groups is 3. The lowest BCUT2D eigenvalue weighted by atomic mass is 10.1. The van der Waals surface area contributed by atoms with Crippen molar-refractivity contribution in [3.05, 3.63) is 76.2 Å². The zero-order chi connectivity index (χ0) is 23.3. The van der Waals surface area contributed by atoms with Crippen LogP contribution in [0.4, 0.5) is 0 Å². The predicted octanol–water partition coefficient (Wildman–Crippen LogP) is 4.43. The van der Waals surface area contributed by atoms with Crippen molar-refractivity contribution in [2.45, 2.75) is 26.9 Å². The molecule has 166 valence electrons. The van der Waals surface area contributed by atoms with Gasteiger partial charge in [-0.05, 0) is 29.7 Å². The third-order valence-electron chi connectivity index (χ3n) is 4.85. The Morgan fingerprint density at radius 1 is 0.969 bits per heavy atom. The molecule has 1 heterocycles. The first-order chi connectivity index (χ1) is 15.3. The van der Waals surface area contributed by atoms with Gasteiger partial charge in [-0.1, -0.05) is 48.5 Å². The van der Waals surface area contributed by atoms with E-state index in [9.17, 15) is 19.5 Å². The number of ether oxygens (including phenoxy) is 1. The first kappa shape index (κ1) is 23.0. The van der Waals surface area contributed by atoms with Crippen LogP contribution in [0.2, 0.25) is 0 Å². The second kappa shape index (κ2) is 10.1. The minimum Gasteiger partial charge on any atom is -0.480 e. The summed E-state index contributed by atoms with van der Waals surface area (Å²) in [6, 6.07) is 17.2. The van der Waals surface area contributed by atoms with Crippen LogP contribution in [-0.2, 0) is 22.7 Å². The highest BCUT2D eigenvalue weighted by Gasteiger charge is 2.23. The molecule has 0 saturated carbocycles. The fourth-order valence-electron chi connectivity index (χ4n) is 3.34. The van der Waals surface area contributed by atoms with Crippen LogP contribution in [0.25, 0.3) is 10.4 Å². The molecule has 3 rings (SSSR count). The molecule has 0 aliphatic carbocycles. The van der Waals surface area contributed by atoms with Crippen LogP contribution in [0.1, 0.15) is 33.3 Å². The van der Waals surface area contributed by atoms with Crippen LogP contribution >= 0.6 is 11.3 Å². The van der Waals surface area contributed by atoms with Crippen molar-refractivity contribution < 1.29 is 29.3 Å². The number of hydrogen-bond donors (Lipinski definition) is 2. The van der Waals surface area contributed by atoms with Crippen LogP contribution < -0.4 is 4.74 Å². The number of thiophene rings is 1. The summed E-state index contributed by atoms with van der Waals surface area (Å²) in [5, 5.41) is 18.4. The van der Waals surface area contributed by atoms with Crippen molar-refractivity contribution in [3.8, 4) is 16.2 Å². The first-order valence-electron chi connectivity index (χ1n) is 9.86. The van der Waals surface area contributed by atoms with Gasteiger partial charge in [0.2, 0.25) is 5.91 Å². The van der Waals surface area contributed by atoms with Crippen LogP contribution in [0.3, 0.4) is 0 Å². The van der Waals surface area contributed by atoms with E-state index < -0.39 is 18.5 Å². The molecule has 0 spiro atoms. The molecule has 2 N–H and O–H groups in total. The summed E-state index contributed by atoms with van der Waals surface area (Å²) in [5.74, 6) is -2.34. The molecule has 2 aromatic carbocycles. The van der Waals surface area contributed by atoms with Gasteiger partial charge < -0.3 is 19.8 Å². The van der Waals surface area contributed by atoms with Gasteiger partial charge in [-0.2, -0.15) is 0 Å². The Hall–Kier alpha value is -3.65. The van der Waals surface area contributed by atoms with Gasteiger partial charge in [0.05, 0.1) is 0 Å². The minimum atomic E-state index is -1.18. The number of aliphatic carboxylic acids is 1. The summed E-state index contributed by atoms with van der Waals surface area (Å²) in [7, 11) is 0. The largest absolute Gasteiger partial charge is 0.480 e. The van der Waals surface area contributed by atoms with Gasteiger partial charge in [0.15, 0.2) is 11.5 Å². The SMILES string of the molecule is CC(=O)N(Cc1ccccc1)Cc1cccc(-c2sc(C(=O)O)c(OCC(=O)O)c2C)c1. The number of aromatic carboxylic acids is 1. The lowest BCUT2D eigenvalue weighted by Crippen LogP contribution is -2.27. The lowest BCUT2D eigenvalue weighted by Gasteiger charge is -2.21. The highest BCUT2D eigenvalue weighted by atomic mass is 32.1. The van der Waals surface area contributed by atoms with E-state index in [1.54, 1.807) is 11.8 Å². The second-order valence-electron chi connectivity index (χ2n) is 7.26. The van der Waals surface area contributed by atoms with Crippen molar-refractivity contribution in [1.82, 2.24) is 4.90 Å². The molecule has 0 saturated heterocycles. The molecule has 0 fully saturated rings. The van der Waals surface area contributed by atoms with Crippen LogP contribution in [-0.4, -0.2) is 39.6 Å². The van der Waals surface area contributed by atoms with E-state index in [2.05, 4.69) is 0 Å². The van der Waals surface area contributed by atoms with Crippen molar-refractivity contribution in [2.24, 2.45) is 0 Å². The van der Waals surface area contributed by atoms with Crippen molar-refractivity contribution in [2.75, 3.05) is 6.61 Å². The van der Waals surface area contributed by atoms with Crippen molar-refractivity contribution in [1.29, 1.82) is 0 Å². The number of amides is 1. The number of carboxylic acid groups (broad SMARTS) is 2. The Labute approximate surface area is 189 Å². The van der Waals surface area contributed by atoms with E-state index >= 15 is 0 Å². The molecule has 0 atom stereocenters. The number of nitrogens with zero attached hydrogens (tertiary/aromatic N) is 1. The van der Waals surface area contributed by atoms with Crippen LogP contribution in [0, 0.1) is 6.92 Å². The molecule has 0 aliphatic heterocycles. The highest BCUT2D eigenvalue weighted by molar-refractivity contribution is 7.18. The Bertz CT molecular complexity index is 1140. The maximum Gasteiger partial charge on any atom is 0.349 e. The monoisotopic (exact) mass is 453 g/mol. The fraction of sp³-hybridized carbons (Fsp3) is 0.208. The zero-order valence-electron chi connectivity index (χ0n) is 17.7. The summed E-state index contributed by atoms with van der Waals surface area (Å²) in [5.41, 5.74) is 3.27. The van der Waals surface area contributed by atoms with E-state index in [1.165, 1.54) is 6.92 Å². The molecule has 3 aromatic rings. The standard InChI is InChI=1S/C24H23NO6S/c1-15-21(31-14-20(27)28)23(24(29)30)32-22(15)19-10-6-9-18(11-19)13-25(16(2)26)12-17-7-4-3-5-8-17/h3-11H,12-14H2,1-2H3,(H,27,28)(H,29,30). The average molecular weight is 454 g/mol. The third kappa shape index (κ3) is 5.53. The van der Waals surface area contributed by atoms with Gasteiger partial charge in [-0.15, -0.1) is 11.3 Å². The summed E-state index contributed by atoms with van der Waals surface area (Å²) < 4.78 is 5.26. The lowest BCUT2D eigenvalue weighted by molar-refractivity contribution is -0.139. The Morgan fingerprint density at radius 3 is 2.25 bits per heavy atom. The normalized spacial score (nSPS) is 10.6. The summed E-state index contributed by atoms with van der Waals surface area (Å²) in [6.45, 7) is 3.50. The Kier molecular flexibility index (Phi) is 7.27. The van der Waals surface area contributed by atoms with Crippen molar-refractivity contribution in [3.63, 3.8) is 0 Å². The van der Waals surface area contributed by atoms with Gasteiger partial charge in [0.1, 0.15) is 5.75 Å². The highest BCUT2D eigenvalue weighted by Crippen LogP contribution is 2.41. The number of benzene rings is 2. The molecule has 0 radical (unpaired) electrons. The molecule has 32 heavy (non-hydrogen) atoms. The van der Waals surface area contributed by atoms with Crippen molar-refractivity contribution >= 4 is 29.2 Å². The minimum absolute atomic E-state index is 0.0430. The average Bonchev–Trinajstić information content (AvgIpc) is 3.09. The van der Waals surface area contributed by atoms with Gasteiger partial charge in [0.25, 0.3) is 0 Å². The molecular weight excluding hydrogens is 430 g/mol. The third-order valence-corrected chi connectivity index (χ3v) is 6.16. The van der Waals surface area contributed by atoms with Crippen LogP contribution in [0.15, 0.2) is 54.6 Å². The maximum absolute atomic E-state index is 12.2. The molecule has 0 bridgehead atoms. The van der Waals surface area contributed by atoms with Gasteiger partial charge in [-0.25, -0.2) is 9.59 Å². The van der Waals surface area contributed by atoms with Gasteiger partial charge in [-0.3, -0.25) is 4.79 Å². The summed E-state index contributed by atoms with van der Waals surface area (Å²) in [6.07, 6.45) is 0. The number of hydrogen-bond acceptors (Lipinski definition) is 5. The first-order valence-corrected chi connectivity index (χ1v) is 10.7. The smallest absolute Gasteiger partial charge is 0.349 e. The van der Waals surface area contributed by atoms with E-state index in [4.69, 9.17) is 9.84 Å². The summed E-state index contributed by atoms with van der Waals surface area (Å²) >= 11 is 1.04. The van der Waals surface area contributed by atoms with E-state index in [0.717, 1.165) is 28.0 Å². The van der Waals surface area contributed by atoms with Gasteiger partial charge >= 0.3 is 11.9 Å². The molecule has 7 nitrogen and oxygen atoms in total.